The lowest BCUT2D eigenvalue weighted by Gasteiger charge is -2.15. The Morgan fingerprint density at radius 2 is 1.78 bits per heavy atom. The lowest BCUT2D eigenvalue weighted by atomic mass is 10.1. The van der Waals surface area contributed by atoms with Gasteiger partial charge in [-0.1, -0.05) is 12.1 Å². The quantitative estimate of drug-likeness (QED) is 0.707. The van der Waals surface area contributed by atoms with Gasteiger partial charge in [0.2, 0.25) is 0 Å². The molecular weight excluding hydrogens is 338 g/mol. The molecule has 0 aliphatic rings. The van der Waals surface area contributed by atoms with Crippen LogP contribution in [0, 0.1) is 13.8 Å². The molecule has 0 aliphatic heterocycles. The molecule has 140 valence electrons. The molecule has 0 spiro atoms. The first kappa shape index (κ1) is 18.7. The second-order valence-corrected chi connectivity index (χ2v) is 6.58. The van der Waals surface area contributed by atoms with Crippen molar-refractivity contribution in [2.75, 3.05) is 6.61 Å². The smallest absolute Gasteiger partial charge is 0.251 e. The molecule has 0 fully saturated rings. The molecular formula is C22H25N3O2. The third-order valence-electron chi connectivity index (χ3n) is 4.42. The van der Waals surface area contributed by atoms with Crippen LogP contribution in [0.3, 0.4) is 0 Å². The number of rotatable bonds is 6. The van der Waals surface area contributed by atoms with Crippen molar-refractivity contribution in [1.29, 1.82) is 0 Å². The van der Waals surface area contributed by atoms with Gasteiger partial charge < -0.3 is 10.1 Å². The van der Waals surface area contributed by atoms with Gasteiger partial charge in [-0.25, -0.2) is 4.68 Å². The summed E-state index contributed by atoms with van der Waals surface area (Å²) >= 11 is 0. The van der Waals surface area contributed by atoms with E-state index in [9.17, 15) is 4.79 Å². The number of benzene rings is 2. The molecule has 3 rings (SSSR count). The molecule has 0 saturated heterocycles. The predicted molar refractivity (Wildman–Crippen MR) is 107 cm³/mol. The summed E-state index contributed by atoms with van der Waals surface area (Å²) in [5.74, 6) is 0.732. The van der Waals surface area contributed by atoms with Gasteiger partial charge in [-0.3, -0.25) is 4.79 Å². The molecule has 1 unspecified atom stereocenters. The van der Waals surface area contributed by atoms with Crippen LogP contribution in [0.5, 0.6) is 5.75 Å². The minimum absolute atomic E-state index is 0.0936. The van der Waals surface area contributed by atoms with Crippen molar-refractivity contribution in [2.45, 2.75) is 33.7 Å². The van der Waals surface area contributed by atoms with E-state index in [0.717, 1.165) is 28.4 Å². The number of ether oxygens (including phenoxy) is 1. The lowest BCUT2D eigenvalue weighted by molar-refractivity contribution is 0.0940. The Balaban J connectivity index is 1.67. The van der Waals surface area contributed by atoms with Crippen LogP contribution < -0.4 is 10.1 Å². The maximum Gasteiger partial charge on any atom is 0.251 e. The van der Waals surface area contributed by atoms with E-state index >= 15 is 0 Å². The van der Waals surface area contributed by atoms with Gasteiger partial charge in [0.1, 0.15) is 5.75 Å². The molecule has 0 aliphatic carbocycles. The van der Waals surface area contributed by atoms with E-state index in [-0.39, 0.29) is 11.9 Å². The largest absolute Gasteiger partial charge is 0.494 e. The molecule has 2 aromatic carbocycles. The Hall–Kier alpha value is -3.08. The lowest BCUT2D eigenvalue weighted by Crippen LogP contribution is -2.26. The fourth-order valence-corrected chi connectivity index (χ4v) is 3.03. The number of carbonyl (C=O) groups excluding carboxylic acids is 1. The SMILES string of the molecule is CCOc1ccc(C(C)NC(=O)c2ccc(-n3nc(C)cc3C)cc2)cc1. The zero-order valence-electron chi connectivity index (χ0n) is 16.2. The summed E-state index contributed by atoms with van der Waals surface area (Å²) in [4.78, 5) is 12.6. The van der Waals surface area contributed by atoms with E-state index in [2.05, 4.69) is 10.4 Å². The Labute approximate surface area is 160 Å². The molecule has 27 heavy (non-hydrogen) atoms. The van der Waals surface area contributed by atoms with Crippen molar-refractivity contribution in [3.8, 4) is 11.4 Å². The van der Waals surface area contributed by atoms with Gasteiger partial charge in [0.05, 0.1) is 24.0 Å². The summed E-state index contributed by atoms with van der Waals surface area (Å²) in [7, 11) is 0. The highest BCUT2D eigenvalue weighted by molar-refractivity contribution is 5.94. The molecule has 3 aromatic rings. The van der Waals surface area contributed by atoms with Crippen molar-refractivity contribution >= 4 is 5.91 Å². The molecule has 1 heterocycles. The minimum atomic E-state index is -0.101. The zero-order chi connectivity index (χ0) is 19.4. The molecule has 1 atom stereocenters. The Morgan fingerprint density at radius 1 is 1.11 bits per heavy atom. The van der Waals surface area contributed by atoms with Crippen LogP contribution in [0.15, 0.2) is 54.6 Å². The average Bonchev–Trinajstić information content (AvgIpc) is 3.01. The van der Waals surface area contributed by atoms with Crippen LogP contribution >= 0.6 is 0 Å². The highest BCUT2D eigenvalue weighted by Crippen LogP contribution is 2.19. The van der Waals surface area contributed by atoms with E-state index in [1.165, 1.54) is 0 Å². The predicted octanol–water partition coefficient (Wildman–Crippen LogP) is 4.38. The first-order valence-electron chi connectivity index (χ1n) is 9.15. The van der Waals surface area contributed by atoms with Crippen molar-refractivity contribution in [2.24, 2.45) is 0 Å². The molecule has 1 aromatic heterocycles. The van der Waals surface area contributed by atoms with E-state index < -0.39 is 0 Å². The maximum absolute atomic E-state index is 12.6. The first-order valence-corrected chi connectivity index (χ1v) is 9.15. The third-order valence-corrected chi connectivity index (χ3v) is 4.42. The van der Waals surface area contributed by atoms with E-state index in [1.807, 2.05) is 87.0 Å². The van der Waals surface area contributed by atoms with Crippen LogP contribution in [0.25, 0.3) is 5.69 Å². The van der Waals surface area contributed by atoms with E-state index in [1.54, 1.807) is 0 Å². The highest BCUT2D eigenvalue weighted by atomic mass is 16.5. The van der Waals surface area contributed by atoms with Crippen molar-refractivity contribution in [3.63, 3.8) is 0 Å². The van der Waals surface area contributed by atoms with Crippen LogP contribution in [0.1, 0.15) is 47.2 Å². The van der Waals surface area contributed by atoms with E-state index in [4.69, 9.17) is 4.74 Å². The van der Waals surface area contributed by atoms with Gasteiger partial charge >= 0.3 is 0 Å². The average molecular weight is 363 g/mol. The van der Waals surface area contributed by atoms with Gasteiger partial charge in [0.15, 0.2) is 0 Å². The number of amides is 1. The minimum Gasteiger partial charge on any atom is -0.494 e. The number of nitrogens with zero attached hydrogens (tertiary/aromatic N) is 2. The topological polar surface area (TPSA) is 56.1 Å². The molecule has 0 saturated carbocycles. The molecule has 0 bridgehead atoms. The second kappa shape index (κ2) is 8.08. The summed E-state index contributed by atoms with van der Waals surface area (Å²) in [6.07, 6.45) is 0. The zero-order valence-corrected chi connectivity index (χ0v) is 16.2. The number of hydrogen-bond acceptors (Lipinski definition) is 3. The Kier molecular flexibility index (Phi) is 5.60. The maximum atomic E-state index is 12.6. The molecule has 0 radical (unpaired) electrons. The van der Waals surface area contributed by atoms with Crippen LogP contribution in [0.4, 0.5) is 0 Å². The number of carbonyl (C=O) groups is 1. The van der Waals surface area contributed by atoms with Gasteiger partial charge in [-0.15, -0.1) is 0 Å². The summed E-state index contributed by atoms with van der Waals surface area (Å²) in [6.45, 7) is 8.54. The first-order chi connectivity index (χ1) is 13.0. The summed E-state index contributed by atoms with van der Waals surface area (Å²) in [5, 5.41) is 7.51. The second-order valence-electron chi connectivity index (χ2n) is 6.58. The number of aryl methyl sites for hydroxylation is 2. The van der Waals surface area contributed by atoms with Crippen LogP contribution in [-0.4, -0.2) is 22.3 Å². The normalized spacial score (nSPS) is 11.9. The number of aromatic nitrogens is 2. The fourth-order valence-electron chi connectivity index (χ4n) is 3.03. The van der Waals surface area contributed by atoms with Crippen molar-refractivity contribution in [1.82, 2.24) is 15.1 Å². The van der Waals surface area contributed by atoms with Crippen LogP contribution in [-0.2, 0) is 0 Å². The Bertz CT molecular complexity index is 912. The van der Waals surface area contributed by atoms with Gasteiger partial charge in [0.25, 0.3) is 5.91 Å². The van der Waals surface area contributed by atoms with Crippen molar-refractivity contribution in [3.05, 3.63) is 77.1 Å². The fraction of sp³-hybridized carbons (Fsp3) is 0.273. The molecule has 5 heteroatoms. The van der Waals surface area contributed by atoms with Crippen LogP contribution in [0.2, 0.25) is 0 Å². The standard InChI is InChI=1S/C22H25N3O2/c1-5-27-21-12-8-18(9-13-21)17(4)23-22(26)19-6-10-20(11-7-19)25-16(3)14-15(2)24-25/h6-14,17H,5H2,1-4H3,(H,23,26). The monoisotopic (exact) mass is 363 g/mol. The molecule has 1 amide bonds. The molecule has 5 nitrogen and oxygen atoms in total. The Morgan fingerprint density at radius 3 is 2.33 bits per heavy atom. The summed E-state index contributed by atoms with van der Waals surface area (Å²) in [6, 6.07) is 17.2. The van der Waals surface area contributed by atoms with Crippen molar-refractivity contribution < 1.29 is 9.53 Å². The van der Waals surface area contributed by atoms with Gasteiger partial charge in [-0.05, 0) is 75.7 Å². The number of nitrogens with one attached hydrogen (secondary N) is 1. The third kappa shape index (κ3) is 4.37. The highest BCUT2D eigenvalue weighted by Gasteiger charge is 2.12. The summed E-state index contributed by atoms with van der Waals surface area (Å²) in [5.41, 5.74) is 4.63. The van der Waals surface area contributed by atoms with E-state index in [0.29, 0.717) is 12.2 Å². The number of hydrogen-bond donors (Lipinski definition) is 1. The summed E-state index contributed by atoms with van der Waals surface area (Å²) < 4.78 is 7.33. The van der Waals surface area contributed by atoms with Gasteiger partial charge in [0, 0.05) is 11.3 Å². The van der Waals surface area contributed by atoms with Gasteiger partial charge in [-0.2, -0.15) is 5.10 Å². The molecule has 1 N–H and O–H groups in total.